The van der Waals surface area contributed by atoms with Crippen LogP contribution < -0.4 is 15.3 Å². The Morgan fingerprint density at radius 1 is 1.04 bits per heavy atom. The number of methoxy groups -OCH3 is 1. The standard InChI is InChI=1S/C7H5NO4.C7H15O2.O.V/c9-6(10)4-2-1-3-5(8-4)7(11)12;1-6(2,8)7(3,4)9-5;;/h1-3H,(H,9,10)(H,11,12);1-5H3;;/q;-1;-2;/p-2. The van der Waals surface area contributed by atoms with Crippen molar-refractivity contribution in [2.75, 3.05) is 7.11 Å². The summed E-state index contributed by atoms with van der Waals surface area (Å²) < 4.78 is 4.99. The van der Waals surface area contributed by atoms with E-state index in [9.17, 15) is 24.9 Å². The minimum atomic E-state index is -1.52. The molecule has 23 heavy (non-hydrogen) atoms. The van der Waals surface area contributed by atoms with Gasteiger partial charge in [-0.3, -0.25) is 0 Å². The molecule has 0 spiro atoms. The van der Waals surface area contributed by atoms with Crippen molar-refractivity contribution in [3.8, 4) is 0 Å². The van der Waals surface area contributed by atoms with E-state index in [1.54, 1.807) is 34.8 Å². The number of pyridine rings is 1. The maximum absolute atomic E-state index is 11.2. The number of hydrogen-bond donors (Lipinski definition) is 0. The average molecular weight is 363 g/mol. The van der Waals surface area contributed by atoms with Crippen LogP contribution in [-0.2, 0) is 28.8 Å². The van der Waals surface area contributed by atoms with Crippen LogP contribution in [0, 0.1) is 0 Å². The molecule has 0 N–H and O–H groups in total. The van der Waals surface area contributed by atoms with Crippen molar-refractivity contribution < 1.29 is 53.7 Å². The van der Waals surface area contributed by atoms with Gasteiger partial charge in [-0.25, -0.2) is 4.98 Å². The van der Waals surface area contributed by atoms with Crippen molar-refractivity contribution >= 4 is 11.9 Å². The molecule has 0 aliphatic rings. The number of carboxylic acids is 2. The van der Waals surface area contributed by atoms with Gasteiger partial charge in [-0.15, -0.1) is 0 Å². The molecule has 0 bridgehead atoms. The Morgan fingerprint density at radius 2 is 1.39 bits per heavy atom. The molecule has 0 saturated heterocycles. The summed E-state index contributed by atoms with van der Waals surface area (Å²) in [6.07, 6.45) is 0. The van der Waals surface area contributed by atoms with Crippen LogP contribution in [0.15, 0.2) is 18.2 Å². The molecular formula is C14H18NO7V-5. The van der Waals surface area contributed by atoms with Gasteiger partial charge in [0.05, 0.1) is 28.9 Å². The predicted octanol–water partition coefficient (Wildman–Crippen LogP) is -1.76. The minimum Gasteiger partial charge on any atom is -2.00 e. The van der Waals surface area contributed by atoms with E-state index in [1.165, 1.54) is 6.07 Å². The monoisotopic (exact) mass is 363 g/mol. The Labute approximate surface area is 146 Å². The summed E-state index contributed by atoms with van der Waals surface area (Å²) in [7, 11) is 1.56. The molecule has 0 aliphatic carbocycles. The van der Waals surface area contributed by atoms with Crippen molar-refractivity contribution in [3.05, 3.63) is 29.6 Å². The summed E-state index contributed by atoms with van der Waals surface area (Å²) in [4.78, 5) is 23.6. The summed E-state index contributed by atoms with van der Waals surface area (Å²) in [5.41, 5.74) is -2.44. The van der Waals surface area contributed by atoms with Gasteiger partial charge in [0.15, 0.2) is 0 Å². The average Bonchev–Trinajstić information content (AvgIpc) is 2.38. The van der Waals surface area contributed by atoms with Crippen LogP contribution in [0.2, 0.25) is 0 Å². The van der Waals surface area contributed by atoms with Crippen LogP contribution in [-0.4, -0.2) is 35.2 Å². The van der Waals surface area contributed by atoms with E-state index in [4.69, 9.17) is 4.74 Å². The molecule has 1 aromatic heterocycles. The third-order valence-corrected chi connectivity index (χ3v) is 3.13. The van der Waals surface area contributed by atoms with Gasteiger partial charge in [0.25, 0.3) is 0 Å². The predicted molar refractivity (Wildman–Crippen MR) is 68.8 cm³/mol. The van der Waals surface area contributed by atoms with Crippen LogP contribution in [0.1, 0.15) is 48.7 Å². The van der Waals surface area contributed by atoms with E-state index in [1.807, 2.05) is 0 Å². The maximum atomic E-state index is 11.2. The fourth-order valence-corrected chi connectivity index (χ4v) is 0.908. The normalized spacial score (nSPS) is 10.3. The Hall–Kier alpha value is -1.45. The van der Waals surface area contributed by atoms with Crippen molar-refractivity contribution in [2.45, 2.75) is 38.9 Å². The molecule has 1 heterocycles. The second-order valence-electron chi connectivity index (χ2n) is 5.21. The molecule has 0 fully saturated rings. The van der Waals surface area contributed by atoms with Crippen molar-refractivity contribution in [1.29, 1.82) is 0 Å². The van der Waals surface area contributed by atoms with Gasteiger partial charge in [0, 0.05) is 25.7 Å². The van der Waals surface area contributed by atoms with Crippen LogP contribution in [0.25, 0.3) is 0 Å². The van der Waals surface area contributed by atoms with Gasteiger partial charge in [-0.05, 0) is 26.0 Å². The topological polar surface area (TPSA) is 154 Å². The first-order valence-corrected chi connectivity index (χ1v) is 6.07. The van der Waals surface area contributed by atoms with E-state index >= 15 is 0 Å². The number of aromatic carboxylic acids is 2. The molecule has 8 nitrogen and oxygen atoms in total. The zero-order chi connectivity index (χ0) is 16.8. The Bertz CT molecular complexity index is 483. The number of rotatable bonds is 4. The van der Waals surface area contributed by atoms with Crippen molar-refractivity contribution in [3.63, 3.8) is 0 Å². The molecule has 1 aromatic rings. The van der Waals surface area contributed by atoms with Gasteiger partial charge < -0.3 is 35.1 Å². The number of carbonyl (C=O) groups is 2. The van der Waals surface area contributed by atoms with Crippen LogP contribution in [0.4, 0.5) is 0 Å². The molecule has 1 radical (unpaired) electrons. The van der Waals surface area contributed by atoms with Gasteiger partial charge in [-0.1, -0.05) is 25.5 Å². The zero-order valence-corrected chi connectivity index (χ0v) is 14.9. The summed E-state index contributed by atoms with van der Waals surface area (Å²) >= 11 is 0. The van der Waals surface area contributed by atoms with Gasteiger partial charge in [-0.2, -0.15) is 0 Å². The number of carbonyl (C=O) groups excluding carboxylic acids is 2. The minimum absolute atomic E-state index is 0. The fraction of sp³-hybridized carbons (Fsp3) is 0.500. The summed E-state index contributed by atoms with van der Waals surface area (Å²) in [5.74, 6) is -3.03. The first kappa shape index (κ1) is 26.5. The second-order valence-corrected chi connectivity index (χ2v) is 5.21. The van der Waals surface area contributed by atoms with E-state index in [-0.39, 0.29) is 24.0 Å². The van der Waals surface area contributed by atoms with E-state index in [2.05, 4.69) is 4.98 Å². The third-order valence-electron chi connectivity index (χ3n) is 3.13. The smallest absolute Gasteiger partial charge is 0.0900 e. The molecule has 0 saturated carbocycles. The Kier molecular flexibility index (Phi) is 11.9. The van der Waals surface area contributed by atoms with Crippen LogP contribution in [0.3, 0.4) is 0 Å². The third kappa shape index (κ3) is 8.68. The maximum Gasteiger partial charge on any atom is 0.0900 e. The molecule has 9 heteroatoms. The molecular weight excluding hydrogens is 345 g/mol. The van der Waals surface area contributed by atoms with E-state index < -0.39 is 34.5 Å². The summed E-state index contributed by atoms with van der Waals surface area (Å²) in [5, 5.41) is 31.6. The van der Waals surface area contributed by atoms with Crippen molar-refractivity contribution in [2.24, 2.45) is 0 Å². The SMILES string of the molecule is COC(C)(C)C(C)(C)[O-].O=C([O-])c1cccc(C(=O)[O-])n1.[O-2].[V]. The summed E-state index contributed by atoms with van der Waals surface area (Å²) in [6.45, 7) is 6.83. The first-order valence-electron chi connectivity index (χ1n) is 6.07. The zero-order valence-electron chi connectivity index (χ0n) is 13.5. The number of aromatic nitrogens is 1. The van der Waals surface area contributed by atoms with Crippen LogP contribution >= 0.6 is 0 Å². The number of nitrogens with zero attached hydrogens (tertiary/aromatic N) is 1. The van der Waals surface area contributed by atoms with Gasteiger partial charge in [0.1, 0.15) is 0 Å². The number of ether oxygens (including phenoxy) is 1. The van der Waals surface area contributed by atoms with Crippen molar-refractivity contribution in [1.82, 2.24) is 4.98 Å². The molecule has 1 rings (SSSR count). The molecule has 0 aromatic carbocycles. The molecule has 0 aliphatic heterocycles. The Balaban J connectivity index is -0.000000332. The quantitative estimate of drug-likeness (QED) is 0.613. The number of hydrogen-bond acceptors (Lipinski definition) is 7. The number of carboxylic acid groups (broad SMARTS) is 2. The summed E-state index contributed by atoms with van der Waals surface area (Å²) in [6, 6.07) is 3.53. The van der Waals surface area contributed by atoms with Gasteiger partial charge >= 0.3 is 0 Å². The molecule has 131 valence electrons. The molecule has 0 amide bonds. The second kappa shape index (κ2) is 10.4. The largest absolute Gasteiger partial charge is 2.00 e. The van der Waals surface area contributed by atoms with Crippen LogP contribution in [0.5, 0.6) is 0 Å². The molecule has 0 unspecified atom stereocenters. The van der Waals surface area contributed by atoms with E-state index in [0.717, 1.165) is 12.1 Å². The fourth-order valence-electron chi connectivity index (χ4n) is 0.908. The van der Waals surface area contributed by atoms with Gasteiger partial charge in [0.2, 0.25) is 0 Å². The first-order chi connectivity index (χ1) is 9.42. The Morgan fingerprint density at radius 3 is 1.57 bits per heavy atom. The van der Waals surface area contributed by atoms with E-state index in [0.29, 0.717) is 0 Å². The molecule has 0 atom stereocenters.